The Labute approximate surface area is 143 Å². The molecule has 0 aliphatic carbocycles. The maximum Gasteiger partial charge on any atom is 0.224 e. The molecule has 1 aromatic carbocycles. The molecule has 2 aromatic rings. The molecule has 0 radical (unpaired) electrons. The zero-order valence-electron chi connectivity index (χ0n) is 14.0. The first-order chi connectivity index (χ1) is 11.8. The fraction of sp³-hybridized carbons (Fsp3) is 0.474. The Bertz CT molecular complexity index is 613. The van der Waals surface area contributed by atoms with Gasteiger partial charge < -0.3 is 9.64 Å². The number of nitrogens with zero attached hydrogens (tertiary/aromatic N) is 3. The summed E-state index contributed by atoms with van der Waals surface area (Å²) in [5, 5.41) is 4.14. The third kappa shape index (κ3) is 4.93. The lowest BCUT2D eigenvalue weighted by Gasteiger charge is -2.33. The summed E-state index contributed by atoms with van der Waals surface area (Å²) in [5.41, 5.74) is 1.36. The zero-order valence-corrected chi connectivity index (χ0v) is 14.0. The molecule has 24 heavy (non-hydrogen) atoms. The van der Waals surface area contributed by atoms with E-state index in [9.17, 15) is 4.79 Å². The van der Waals surface area contributed by atoms with E-state index in [1.807, 2.05) is 23.2 Å². The highest BCUT2D eigenvalue weighted by molar-refractivity contribution is 5.76. The predicted octanol–water partition coefficient (Wildman–Crippen LogP) is 2.52. The topological polar surface area (TPSA) is 47.4 Å². The van der Waals surface area contributed by atoms with Crippen molar-refractivity contribution >= 4 is 5.91 Å². The predicted molar refractivity (Wildman–Crippen MR) is 92.5 cm³/mol. The van der Waals surface area contributed by atoms with Gasteiger partial charge in [0.1, 0.15) is 0 Å². The van der Waals surface area contributed by atoms with E-state index in [0.717, 1.165) is 19.3 Å². The molecular formula is C19H25N3O2. The molecule has 3 rings (SSSR count). The molecule has 5 nitrogen and oxygen atoms in total. The standard InChI is InChI=1S/C19H25N3O2/c23-19(10-13-22-12-5-11-20-22)21-14-15-24-18(16-21)9-4-8-17-6-2-1-3-7-17/h1-3,5-7,11-12,18H,4,8-10,13-16H2/t18-/m0/s1. The van der Waals surface area contributed by atoms with Crippen molar-refractivity contribution in [2.45, 2.75) is 38.3 Å². The van der Waals surface area contributed by atoms with Crippen molar-refractivity contribution in [3.05, 3.63) is 54.4 Å². The van der Waals surface area contributed by atoms with Crippen LogP contribution in [0.2, 0.25) is 0 Å². The summed E-state index contributed by atoms with van der Waals surface area (Å²) in [4.78, 5) is 14.3. The van der Waals surface area contributed by atoms with Gasteiger partial charge in [0.05, 0.1) is 12.7 Å². The maximum absolute atomic E-state index is 12.4. The lowest BCUT2D eigenvalue weighted by Crippen LogP contribution is -2.45. The summed E-state index contributed by atoms with van der Waals surface area (Å²) in [7, 11) is 0. The van der Waals surface area contributed by atoms with Gasteiger partial charge in [-0.1, -0.05) is 30.3 Å². The molecule has 1 saturated heterocycles. The minimum atomic E-state index is 0.163. The van der Waals surface area contributed by atoms with E-state index in [1.165, 1.54) is 5.56 Å². The summed E-state index contributed by atoms with van der Waals surface area (Å²) in [5.74, 6) is 0.196. The number of hydrogen-bond donors (Lipinski definition) is 0. The molecule has 0 bridgehead atoms. The second-order valence-corrected chi connectivity index (χ2v) is 6.23. The Kier molecular flexibility index (Phi) is 6.01. The Balaban J connectivity index is 1.39. The zero-order chi connectivity index (χ0) is 16.6. The summed E-state index contributed by atoms with van der Waals surface area (Å²) >= 11 is 0. The molecule has 1 aromatic heterocycles. The molecule has 1 aliphatic heterocycles. The van der Waals surface area contributed by atoms with E-state index in [-0.39, 0.29) is 12.0 Å². The van der Waals surface area contributed by atoms with Crippen LogP contribution in [-0.4, -0.2) is 46.4 Å². The van der Waals surface area contributed by atoms with Crippen molar-refractivity contribution in [3.8, 4) is 0 Å². The van der Waals surface area contributed by atoms with Crippen molar-refractivity contribution < 1.29 is 9.53 Å². The van der Waals surface area contributed by atoms with Gasteiger partial charge in [0.25, 0.3) is 0 Å². The highest BCUT2D eigenvalue weighted by Crippen LogP contribution is 2.14. The highest BCUT2D eigenvalue weighted by atomic mass is 16.5. The van der Waals surface area contributed by atoms with Crippen molar-refractivity contribution in [1.82, 2.24) is 14.7 Å². The van der Waals surface area contributed by atoms with Gasteiger partial charge in [0.15, 0.2) is 0 Å². The van der Waals surface area contributed by atoms with Gasteiger partial charge in [-0.15, -0.1) is 0 Å². The monoisotopic (exact) mass is 327 g/mol. The quantitative estimate of drug-likeness (QED) is 0.785. The van der Waals surface area contributed by atoms with Crippen LogP contribution in [0.1, 0.15) is 24.8 Å². The summed E-state index contributed by atoms with van der Waals surface area (Å²) in [6.45, 7) is 2.70. The average molecular weight is 327 g/mol. The highest BCUT2D eigenvalue weighted by Gasteiger charge is 2.23. The van der Waals surface area contributed by atoms with Crippen molar-refractivity contribution in [2.75, 3.05) is 19.7 Å². The van der Waals surface area contributed by atoms with Gasteiger partial charge in [-0.2, -0.15) is 5.10 Å². The first-order valence-electron chi connectivity index (χ1n) is 8.72. The molecule has 1 atom stereocenters. The molecule has 5 heteroatoms. The minimum absolute atomic E-state index is 0.163. The molecule has 1 aliphatic rings. The van der Waals surface area contributed by atoms with Gasteiger partial charge in [0.2, 0.25) is 5.91 Å². The number of aryl methyl sites for hydroxylation is 2. The molecule has 2 heterocycles. The third-order valence-corrected chi connectivity index (χ3v) is 4.44. The molecule has 0 spiro atoms. The van der Waals surface area contributed by atoms with E-state index in [1.54, 1.807) is 10.9 Å². The summed E-state index contributed by atoms with van der Waals surface area (Å²) < 4.78 is 7.64. The molecular weight excluding hydrogens is 302 g/mol. The molecule has 1 fully saturated rings. The van der Waals surface area contributed by atoms with E-state index in [4.69, 9.17) is 4.74 Å². The van der Waals surface area contributed by atoms with E-state index in [2.05, 4.69) is 29.4 Å². The second kappa shape index (κ2) is 8.64. The molecule has 0 N–H and O–H groups in total. The van der Waals surface area contributed by atoms with Gasteiger partial charge in [-0.3, -0.25) is 9.48 Å². The van der Waals surface area contributed by atoms with Gasteiger partial charge in [-0.05, 0) is 30.9 Å². The number of amides is 1. The smallest absolute Gasteiger partial charge is 0.224 e. The van der Waals surface area contributed by atoms with E-state index < -0.39 is 0 Å². The van der Waals surface area contributed by atoms with Crippen LogP contribution >= 0.6 is 0 Å². The lowest BCUT2D eigenvalue weighted by molar-refractivity contribution is -0.139. The van der Waals surface area contributed by atoms with Crippen molar-refractivity contribution in [1.29, 1.82) is 0 Å². The number of carbonyl (C=O) groups is 1. The minimum Gasteiger partial charge on any atom is -0.375 e. The summed E-state index contributed by atoms with van der Waals surface area (Å²) in [6.07, 6.45) is 7.44. The molecule has 1 amide bonds. The maximum atomic E-state index is 12.4. The van der Waals surface area contributed by atoms with Crippen LogP contribution in [0, 0.1) is 0 Å². The van der Waals surface area contributed by atoms with Gasteiger partial charge in [-0.25, -0.2) is 0 Å². The van der Waals surface area contributed by atoms with Crippen LogP contribution in [-0.2, 0) is 22.5 Å². The fourth-order valence-electron chi connectivity index (χ4n) is 3.10. The molecule has 0 unspecified atom stereocenters. The van der Waals surface area contributed by atoms with Crippen LogP contribution in [0.4, 0.5) is 0 Å². The van der Waals surface area contributed by atoms with Crippen LogP contribution in [0.25, 0.3) is 0 Å². The number of ether oxygens (including phenoxy) is 1. The van der Waals surface area contributed by atoms with Crippen LogP contribution in [0.15, 0.2) is 48.8 Å². The Morgan fingerprint density at radius 1 is 1.25 bits per heavy atom. The largest absolute Gasteiger partial charge is 0.375 e. The number of carbonyl (C=O) groups excluding carboxylic acids is 1. The molecule has 0 saturated carbocycles. The number of rotatable bonds is 7. The van der Waals surface area contributed by atoms with E-state index in [0.29, 0.717) is 32.7 Å². The molecule has 128 valence electrons. The van der Waals surface area contributed by atoms with Gasteiger partial charge in [0, 0.05) is 38.4 Å². The lowest BCUT2D eigenvalue weighted by atomic mass is 10.0. The number of hydrogen-bond acceptors (Lipinski definition) is 3. The number of morpholine rings is 1. The third-order valence-electron chi connectivity index (χ3n) is 4.44. The first kappa shape index (κ1) is 16.7. The van der Waals surface area contributed by atoms with Crippen LogP contribution in [0.3, 0.4) is 0 Å². The number of aromatic nitrogens is 2. The Morgan fingerprint density at radius 2 is 2.12 bits per heavy atom. The van der Waals surface area contributed by atoms with E-state index >= 15 is 0 Å². The first-order valence-corrected chi connectivity index (χ1v) is 8.72. The fourth-order valence-corrected chi connectivity index (χ4v) is 3.10. The van der Waals surface area contributed by atoms with Crippen molar-refractivity contribution in [3.63, 3.8) is 0 Å². The van der Waals surface area contributed by atoms with Crippen LogP contribution < -0.4 is 0 Å². The second-order valence-electron chi connectivity index (χ2n) is 6.23. The Morgan fingerprint density at radius 3 is 2.92 bits per heavy atom. The normalized spacial score (nSPS) is 17.8. The number of benzene rings is 1. The Hall–Kier alpha value is -2.14. The van der Waals surface area contributed by atoms with Gasteiger partial charge >= 0.3 is 0 Å². The average Bonchev–Trinajstić information content (AvgIpc) is 3.14. The summed E-state index contributed by atoms with van der Waals surface area (Å²) in [6, 6.07) is 12.4. The SMILES string of the molecule is O=C(CCn1cccn1)N1CCO[C@@H](CCCc2ccccc2)C1. The van der Waals surface area contributed by atoms with Crippen molar-refractivity contribution in [2.24, 2.45) is 0 Å². The van der Waals surface area contributed by atoms with Crippen LogP contribution in [0.5, 0.6) is 0 Å².